The Bertz CT molecular complexity index is 567. The summed E-state index contributed by atoms with van der Waals surface area (Å²) in [4.78, 5) is 12.1. The Balaban J connectivity index is 1.79. The Kier molecular flexibility index (Phi) is 2.70. The highest BCUT2D eigenvalue weighted by Gasteiger charge is 2.25. The van der Waals surface area contributed by atoms with Gasteiger partial charge < -0.3 is 14.2 Å². The smallest absolute Gasteiger partial charge is 0.255 e. The molecule has 2 heterocycles. The van der Waals surface area contributed by atoms with Gasteiger partial charge in [0.2, 0.25) is 0 Å². The van der Waals surface area contributed by atoms with E-state index in [1.54, 1.807) is 19.3 Å². The molecule has 4 nitrogen and oxygen atoms in total. The molecule has 0 unspecified atom stereocenters. The third-order valence-corrected chi connectivity index (χ3v) is 3.46. The van der Waals surface area contributed by atoms with E-state index in [0.29, 0.717) is 11.3 Å². The lowest BCUT2D eigenvalue weighted by atomic mass is 9.93. The molecule has 18 heavy (non-hydrogen) atoms. The summed E-state index contributed by atoms with van der Waals surface area (Å²) in [6.45, 7) is 1.79. The maximum Gasteiger partial charge on any atom is 0.255 e. The number of amides is 1. The lowest BCUT2D eigenvalue weighted by Gasteiger charge is -2.22. The average Bonchev–Trinajstić information content (AvgIpc) is 2.97. The van der Waals surface area contributed by atoms with Crippen LogP contribution in [0.5, 0.6) is 0 Å². The minimum Gasteiger partial charge on any atom is -0.469 e. The molecule has 1 amide bonds. The van der Waals surface area contributed by atoms with Gasteiger partial charge in [0, 0.05) is 12.0 Å². The molecule has 1 aliphatic rings. The summed E-state index contributed by atoms with van der Waals surface area (Å²) in [5.74, 6) is 1.56. The standard InChI is InChI=1S/C14H15NO3/c1-9-10(5-7-17-9)14(16)15-12-3-2-4-13-11(12)6-8-18-13/h5-8,12H,2-4H2,1H3,(H,15,16)/t12-/m1/s1. The molecule has 4 heteroatoms. The molecule has 0 saturated heterocycles. The lowest BCUT2D eigenvalue weighted by molar-refractivity contribution is 0.0930. The van der Waals surface area contributed by atoms with Gasteiger partial charge in [-0.25, -0.2) is 0 Å². The van der Waals surface area contributed by atoms with Gasteiger partial charge in [-0.15, -0.1) is 0 Å². The number of aryl methyl sites for hydroxylation is 2. The first-order valence-corrected chi connectivity index (χ1v) is 6.17. The van der Waals surface area contributed by atoms with Crippen molar-refractivity contribution < 1.29 is 13.6 Å². The molecule has 1 N–H and O–H groups in total. The molecule has 1 aliphatic carbocycles. The normalized spacial score (nSPS) is 18.4. The quantitative estimate of drug-likeness (QED) is 0.884. The van der Waals surface area contributed by atoms with E-state index in [2.05, 4.69) is 5.32 Å². The largest absolute Gasteiger partial charge is 0.469 e. The van der Waals surface area contributed by atoms with Crippen LogP contribution in [-0.2, 0) is 6.42 Å². The summed E-state index contributed by atoms with van der Waals surface area (Å²) >= 11 is 0. The van der Waals surface area contributed by atoms with Crippen molar-refractivity contribution in [1.29, 1.82) is 0 Å². The molecule has 0 aliphatic heterocycles. The summed E-state index contributed by atoms with van der Waals surface area (Å²) in [6.07, 6.45) is 6.18. The molecule has 0 aromatic carbocycles. The van der Waals surface area contributed by atoms with E-state index >= 15 is 0 Å². The molecular weight excluding hydrogens is 230 g/mol. The van der Waals surface area contributed by atoms with Crippen molar-refractivity contribution in [2.45, 2.75) is 32.2 Å². The van der Waals surface area contributed by atoms with Crippen molar-refractivity contribution in [2.75, 3.05) is 0 Å². The second kappa shape index (κ2) is 4.37. The second-order valence-electron chi connectivity index (χ2n) is 4.61. The van der Waals surface area contributed by atoms with E-state index in [1.807, 2.05) is 6.07 Å². The zero-order chi connectivity index (χ0) is 12.5. The molecule has 0 fully saturated rings. The number of rotatable bonds is 2. The minimum atomic E-state index is -0.0831. The molecule has 2 aromatic rings. The Morgan fingerprint density at radius 2 is 2.17 bits per heavy atom. The van der Waals surface area contributed by atoms with Gasteiger partial charge >= 0.3 is 0 Å². The van der Waals surface area contributed by atoms with Crippen LogP contribution in [0.25, 0.3) is 0 Å². The number of furan rings is 2. The molecule has 0 spiro atoms. The predicted molar refractivity (Wildman–Crippen MR) is 65.3 cm³/mol. The van der Waals surface area contributed by atoms with Gasteiger partial charge in [-0.2, -0.15) is 0 Å². The highest BCUT2D eigenvalue weighted by Crippen LogP contribution is 2.30. The highest BCUT2D eigenvalue weighted by molar-refractivity contribution is 5.95. The van der Waals surface area contributed by atoms with Crippen LogP contribution < -0.4 is 5.32 Å². The van der Waals surface area contributed by atoms with E-state index in [0.717, 1.165) is 30.6 Å². The summed E-state index contributed by atoms with van der Waals surface area (Å²) in [7, 11) is 0. The second-order valence-corrected chi connectivity index (χ2v) is 4.61. The SMILES string of the molecule is Cc1occc1C(=O)N[C@@H]1CCCc2occc21. The fraction of sp³-hybridized carbons (Fsp3) is 0.357. The molecule has 0 bridgehead atoms. The van der Waals surface area contributed by atoms with Gasteiger partial charge in [-0.3, -0.25) is 4.79 Å². The van der Waals surface area contributed by atoms with Crippen LogP contribution in [0.3, 0.4) is 0 Å². The van der Waals surface area contributed by atoms with Crippen LogP contribution in [0.2, 0.25) is 0 Å². The Morgan fingerprint density at radius 3 is 2.94 bits per heavy atom. The average molecular weight is 245 g/mol. The highest BCUT2D eigenvalue weighted by atomic mass is 16.3. The Hall–Kier alpha value is -1.97. The van der Waals surface area contributed by atoms with Gasteiger partial charge in [-0.05, 0) is 31.9 Å². The predicted octanol–water partition coefficient (Wildman–Crippen LogP) is 2.99. The topological polar surface area (TPSA) is 55.4 Å². The number of hydrogen-bond donors (Lipinski definition) is 1. The van der Waals surface area contributed by atoms with Gasteiger partial charge in [0.1, 0.15) is 11.5 Å². The van der Waals surface area contributed by atoms with Crippen LogP contribution in [0.4, 0.5) is 0 Å². The van der Waals surface area contributed by atoms with Crippen LogP contribution >= 0.6 is 0 Å². The summed E-state index contributed by atoms with van der Waals surface area (Å²) in [6, 6.07) is 3.69. The zero-order valence-corrected chi connectivity index (χ0v) is 10.2. The van der Waals surface area contributed by atoms with E-state index in [4.69, 9.17) is 8.83 Å². The first kappa shape index (κ1) is 11.1. The Morgan fingerprint density at radius 1 is 1.33 bits per heavy atom. The van der Waals surface area contributed by atoms with Crippen molar-refractivity contribution >= 4 is 5.91 Å². The molecular formula is C14H15NO3. The minimum absolute atomic E-state index is 0.0503. The number of carbonyl (C=O) groups excluding carboxylic acids is 1. The first-order chi connectivity index (χ1) is 8.75. The van der Waals surface area contributed by atoms with Crippen LogP contribution in [0.1, 0.15) is 46.3 Å². The molecule has 3 rings (SSSR count). The maximum atomic E-state index is 12.1. The molecule has 2 aromatic heterocycles. The van der Waals surface area contributed by atoms with Gasteiger partial charge in [0.15, 0.2) is 0 Å². The number of fused-ring (bicyclic) bond motifs is 1. The monoisotopic (exact) mass is 245 g/mol. The van der Waals surface area contributed by atoms with Crippen LogP contribution in [0.15, 0.2) is 33.5 Å². The number of nitrogens with one attached hydrogen (secondary N) is 1. The fourth-order valence-corrected chi connectivity index (χ4v) is 2.49. The van der Waals surface area contributed by atoms with Gasteiger partial charge in [0.05, 0.1) is 24.1 Å². The van der Waals surface area contributed by atoms with E-state index in [1.165, 1.54) is 6.26 Å². The molecule has 1 atom stereocenters. The van der Waals surface area contributed by atoms with Crippen molar-refractivity contribution in [3.05, 3.63) is 47.3 Å². The Labute approximate surface area is 105 Å². The van der Waals surface area contributed by atoms with Crippen molar-refractivity contribution in [3.63, 3.8) is 0 Å². The lowest BCUT2D eigenvalue weighted by Crippen LogP contribution is -2.30. The van der Waals surface area contributed by atoms with Crippen molar-refractivity contribution in [1.82, 2.24) is 5.32 Å². The van der Waals surface area contributed by atoms with E-state index in [9.17, 15) is 4.79 Å². The van der Waals surface area contributed by atoms with Crippen molar-refractivity contribution in [2.24, 2.45) is 0 Å². The summed E-state index contributed by atoms with van der Waals surface area (Å²) < 4.78 is 10.6. The molecule has 0 saturated carbocycles. The third-order valence-electron chi connectivity index (χ3n) is 3.46. The maximum absolute atomic E-state index is 12.1. The summed E-state index contributed by atoms with van der Waals surface area (Å²) in [5, 5.41) is 3.05. The third kappa shape index (κ3) is 1.83. The fourth-order valence-electron chi connectivity index (χ4n) is 2.49. The van der Waals surface area contributed by atoms with Crippen LogP contribution in [0, 0.1) is 6.92 Å². The number of carbonyl (C=O) groups is 1. The number of hydrogen-bond acceptors (Lipinski definition) is 3. The van der Waals surface area contributed by atoms with Crippen LogP contribution in [-0.4, -0.2) is 5.91 Å². The van der Waals surface area contributed by atoms with Gasteiger partial charge in [0.25, 0.3) is 5.91 Å². The zero-order valence-electron chi connectivity index (χ0n) is 10.2. The first-order valence-electron chi connectivity index (χ1n) is 6.17. The van der Waals surface area contributed by atoms with Gasteiger partial charge in [-0.1, -0.05) is 0 Å². The molecule has 0 radical (unpaired) electrons. The van der Waals surface area contributed by atoms with E-state index in [-0.39, 0.29) is 11.9 Å². The summed E-state index contributed by atoms with van der Waals surface area (Å²) in [5.41, 5.74) is 1.71. The van der Waals surface area contributed by atoms with E-state index < -0.39 is 0 Å². The molecule has 94 valence electrons. The van der Waals surface area contributed by atoms with Crippen molar-refractivity contribution in [3.8, 4) is 0 Å².